The van der Waals surface area contributed by atoms with Crippen LogP contribution in [0.1, 0.15) is 27.2 Å². The van der Waals surface area contributed by atoms with Crippen molar-refractivity contribution >= 4 is 34.7 Å². The molecular formula is C23H24FN3OS2. The van der Waals surface area contributed by atoms with E-state index in [0.29, 0.717) is 12.5 Å². The smallest absolute Gasteiger partial charge is 0.254 e. The Bertz CT molecular complexity index is 1030. The molecule has 4 heterocycles. The maximum Gasteiger partial charge on any atom is 0.254 e. The molecule has 3 aromatic rings. The predicted octanol–water partition coefficient (Wildman–Crippen LogP) is 4.72. The molecule has 7 heteroatoms. The van der Waals surface area contributed by atoms with E-state index in [-0.39, 0.29) is 11.7 Å². The van der Waals surface area contributed by atoms with Crippen LogP contribution < -0.4 is 10.2 Å². The predicted molar refractivity (Wildman–Crippen MR) is 123 cm³/mol. The minimum absolute atomic E-state index is 0.0448. The van der Waals surface area contributed by atoms with Crippen LogP contribution in [0.2, 0.25) is 0 Å². The van der Waals surface area contributed by atoms with Gasteiger partial charge in [-0.3, -0.25) is 4.79 Å². The van der Waals surface area contributed by atoms with Crippen LogP contribution in [0.25, 0.3) is 5.00 Å². The number of rotatable bonds is 5. The van der Waals surface area contributed by atoms with Crippen LogP contribution in [-0.4, -0.2) is 35.9 Å². The number of fused-ring (bicyclic) bond motifs is 1. The highest BCUT2D eigenvalue weighted by atomic mass is 32.2. The van der Waals surface area contributed by atoms with Crippen LogP contribution in [0.5, 0.6) is 0 Å². The number of amides is 1. The minimum atomic E-state index is -0.210. The van der Waals surface area contributed by atoms with Crippen molar-refractivity contribution in [2.45, 2.75) is 18.6 Å². The molecule has 1 atom stereocenters. The van der Waals surface area contributed by atoms with Gasteiger partial charge in [0.2, 0.25) is 0 Å². The summed E-state index contributed by atoms with van der Waals surface area (Å²) >= 11 is 3.69. The Morgan fingerprint density at radius 1 is 1.20 bits per heavy atom. The van der Waals surface area contributed by atoms with Gasteiger partial charge in [0.15, 0.2) is 0 Å². The molecule has 2 aliphatic rings. The first-order chi connectivity index (χ1) is 14.7. The number of aromatic nitrogens is 1. The zero-order valence-electron chi connectivity index (χ0n) is 16.6. The van der Waals surface area contributed by atoms with E-state index >= 15 is 0 Å². The molecule has 1 aromatic carbocycles. The summed E-state index contributed by atoms with van der Waals surface area (Å²) in [6, 6.07) is 10.7. The summed E-state index contributed by atoms with van der Waals surface area (Å²) in [4.78, 5) is 16.9. The number of nitrogens with one attached hydrogen (secondary N) is 1. The quantitative estimate of drug-likeness (QED) is 0.622. The number of benzene rings is 1. The molecular weight excluding hydrogens is 417 g/mol. The molecule has 30 heavy (non-hydrogen) atoms. The fourth-order valence-corrected chi connectivity index (χ4v) is 6.76. The fourth-order valence-electron chi connectivity index (χ4n) is 4.31. The highest BCUT2D eigenvalue weighted by Gasteiger charge is 2.28. The van der Waals surface area contributed by atoms with Crippen molar-refractivity contribution < 1.29 is 9.18 Å². The van der Waals surface area contributed by atoms with Crippen LogP contribution in [-0.2, 0) is 12.2 Å². The van der Waals surface area contributed by atoms with Gasteiger partial charge in [-0.15, -0.1) is 11.3 Å². The summed E-state index contributed by atoms with van der Waals surface area (Å²) < 4.78 is 15.2. The summed E-state index contributed by atoms with van der Waals surface area (Å²) in [5.74, 6) is 2.31. The van der Waals surface area contributed by atoms with Crippen molar-refractivity contribution in [2.24, 2.45) is 5.92 Å². The van der Waals surface area contributed by atoms with Gasteiger partial charge in [-0.1, -0.05) is 0 Å². The Morgan fingerprint density at radius 3 is 2.80 bits per heavy atom. The van der Waals surface area contributed by atoms with Crippen LogP contribution in [0.4, 0.5) is 10.1 Å². The molecule has 0 aliphatic carbocycles. The summed E-state index contributed by atoms with van der Waals surface area (Å²) in [6.45, 7) is 2.49. The van der Waals surface area contributed by atoms with Crippen LogP contribution in [0.3, 0.4) is 0 Å². The number of thioether (sulfide) groups is 1. The summed E-state index contributed by atoms with van der Waals surface area (Å²) in [5, 5.41) is 4.25. The molecule has 0 radical (unpaired) electrons. The second-order valence-electron chi connectivity index (χ2n) is 7.86. The summed E-state index contributed by atoms with van der Waals surface area (Å²) in [5.41, 5.74) is 3.14. The molecule has 5 rings (SSSR count). The van der Waals surface area contributed by atoms with Gasteiger partial charge in [0.1, 0.15) is 10.8 Å². The molecule has 0 spiro atoms. The van der Waals surface area contributed by atoms with Gasteiger partial charge in [0, 0.05) is 48.3 Å². The lowest BCUT2D eigenvalue weighted by molar-refractivity contribution is 0.0948. The van der Waals surface area contributed by atoms with Crippen molar-refractivity contribution in [3.8, 4) is 5.00 Å². The fraction of sp³-hybridized carbons (Fsp3) is 0.348. The largest absolute Gasteiger partial charge is 0.371 e. The third-order valence-corrected chi connectivity index (χ3v) is 8.31. The average molecular weight is 442 g/mol. The number of thiophene rings is 1. The van der Waals surface area contributed by atoms with Gasteiger partial charge in [-0.25, -0.2) is 4.39 Å². The van der Waals surface area contributed by atoms with Crippen LogP contribution in [0, 0.1) is 11.7 Å². The lowest BCUT2D eigenvalue weighted by Crippen LogP contribution is -2.32. The first-order valence-electron chi connectivity index (χ1n) is 10.3. The van der Waals surface area contributed by atoms with Gasteiger partial charge < -0.3 is 14.8 Å². The third-order valence-electron chi connectivity index (χ3n) is 5.90. The van der Waals surface area contributed by atoms with Crippen molar-refractivity contribution in [3.05, 3.63) is 70.6 Å². The van der Waals surface area contributed by atoms with E-state index in [2.05, 4.69) is 14.8 Å². The topological polar surface area (TPSA) is 37.3 Å². The second-order valence-corrected chi connectivity index (χ2v) is 10.1. The third kappa shape index (κ3) is 3.88. The number of anilines is 1. The Morgan fingerprint density at radius 2 is 2.00 bits per heavy atom. The Balaban J connectivity index is 1.28. The van der Waals surface area contributed by atoms with Gasteiger partial charge in [0.25, 0.3) is 5.91 Å². The molecule has 1 unspecified atom stereocenters. The first kappa shape index (κ1) is 19.7. The van der Waals surface area contributed by atoms with E-state index in [1.54, 1.807) is 11.3 Å². The Hall–Kier alpha value is -2.25. The molecule has 2 aromatic heterocycles. The van der Waals surface area contributed by atoms with E-state index in [0.717, 1.165) is 53.7 Å². The molecule has 0 bridgehead atoms. The lowest BCUT2D eigenvalue weighted by Gasteiger charge is -2.19. The van der Waals surface area contributed by atoms with Gasteiger partial charge in [-0.05, 0) is 66.5 Å². The molecule has 156 valence electrons. The van der Waals surface area contributed by atoms with E-state index < -0.39 is 0 Å². The van der Waals surface area contributed by atoms with Gasteiger partial charge in [-0.2, -0.15) is 11.8 Å². The van der Waals surface area contributed by atoms with E-state index in [1.807, 2.05) is 48.4 Å². The highest BCUT2D eigenvalue weighted by Crippen LogP contribution is 2.38. The minimum Gasteiger partial charge on any atom is -0.371 e. The van der Waals surface area contributed by atoms with Crippen molar-refractivity contribution in [2.75, 3.05) is 30.3 Å². The molecule has 1 N–H and O–H groups in total. The molecule has 1 fully saturated rings. The molecule has 2 aliphatic heterocycles. The van der Waals surface area contributed by atoms with Gasteiger partial charge in [0.05, 0.1) is 5.56 Å². The number of nitrogens with zero attached hydrogens (tertiary/aromatic N) is 2. The molecule has 1 saturated heterocycles. The number of carbonyl (C=O) groups excluding carboxylic acids is 1. The SMILES string of the molecule is O=C(NCC1CCN(c2ccc(F)cc2)C1)c1c(-n2cccc2)sc2c1CCSC2. The monoisotopic (exact) mass is 441 g/mol. The van der Waals surface area contributed by atoms with Crippen LogP contribution >= 0.6 is 23.1 Å². The first-order valence-corrected chi connectivity index (χ1v) is 12.3. The highest BCUT2D eigenvalue weighted by molar-refractivity contribution is 7.98. The molecule has 4 nitrogen and oxygen atoms in total. The maximum atomic E-state index is 13.3. The number of hydrogen-bond acceptors (Lipinski definition) is 4. The number of carbonyl (C=O) groups is 1. The molecule has 0 saturated carbocycles. The van der Waals surface area contributed by atoms with E-state index in [4.69, 9.17) is 0 Å². The lowest BCUT2D eigenvalue weighted by atomic mass is 10.1. The summed E-state index contributed by atoms with van der Waals surface area (Å²) in [7, 11) is 0. The van der Waals surface area contributed by atoms with Crippen molar-refractivity contribution in [1.29, 1.82) is 0 Å². The van der Waals surface area contributed by atoms with E-state index in [9.17, 15) is 9.18 Å². The number of halogens is 1. The van der Waals surface area contributed by atoms with Crippen LogP contribution in [0.15, 0.2) is 48.8 Å². The van der Waals surface area contributed by atoms with Crippen molar-refractivity contribution in [3.63, 3.8) is 0 Å². The van der Waals surface area contributed by atoms with E-state index in [1.165, 1.54) is 22.6 Å². The van der Waals surface area contributed by atoms with Crippen molar-refractivity contribution in [1.82, 2.24) is 9.88 Å². The standard InChI is InChI=1S/C23H24FN3OS2/c24-17-3-5-18(6-4-17)27-11-7-16(14-27)13-25-22(28)21-19-8-12-29-15-20(19)30-23(21)26-9-1-2-10-26/h1-6,9-10,16H,7-8,11-15H2,(H,25,28). The van der Waals surface area contributed by atoms with Gasteiger partial charge >= 0.3 is 0 Å². The average Bonchev–Trinajstić information content (AvgIpc) is 3.51. The second kappa shape index (κ2) is 8.47. The number of hydrogen-bond donors (Lipinski definition) is 1. The Kier molecular flexibility index (Phi) is 5.56. The summed E-state index contributed by atoms with van der Waals surface area (Å²) in [6.07, 6.45) is 6.01. The molecule has 1 amide bonds. The normalized spacial score (nSPS) is 18.4. The maximum absolute atomic E-state index is 13.3. The zero-order valence-corrected chi connectivity index (χ0v) is 18.3. The zero-order chi connectivity index (χ0) is 20.5. The Labute approximate surface area is 184 Å².